The largest absolute Gasteiger partial charge is 0.396 e. The van der Waals surface area contributed by atoms with Crippen LogP contribution in [0.25, 0.3) is 0 Å². The predicted octanol–water partition coefficient (Wildman–Crippen LogP) is -0.618. The molecule has 0 bridgehead atoms. The van der Waals surface area contributed by atoms with Crippen molar-refractivity contribution in [1.82, 2.24) is 5.32 Å². The number of carbonyl (C=O) groups is 1. The molecule has 0 aliphatic carbocycles. The zero-order valence-corrected chi connectivity index (χ0v) is 7.16. The second-order valence-corrected chi connectivity index (χ2v) is 2.68. The monoisotopic (exact) mass is 176 g/mol. The normalized spacial score (nSPS) is 15.2. The van der Waals surface area contributed by atoms with E-state index >= 15 is 0 Å². The fourth-order valence-electron chi connectivity index (χ4n) is 0.983. The lowest BCUT2D eigenvalue weighted by Gasteiger charge is -2.20. The van der Waals surface area contributed by atoms with Crippen LogP contribution < -0.4 is 11.1 Å². The Balaban J connectivity index is 3.84. The fourth-order valence-corrected chi connectivity index (χ4v) is 0.983. The van der Waals surface area contributed by atoms with Crippen molar-refractivity contribution in [3.8, 4) is 0 Å². The standard InChI is InChI=1S/C7H16N2O3/c1-2-3-5(4-10)6(11)9-7(8)12/h5-6,10-11H,2-4H2,1H3,(H3,8,9,12). The Hall–Kier alpha value is -0.810. The molecule has 5 nitrogen and oxygen atoms in total. The molecule has 0 saturated heterocycles. The van der Waals surface area contributed by atoms with Crippen molar-refractivity contribution in [2.45, 2.75) is 26.0 Å². The Morgan fingerprint density at radius 3 is 2.58 bits per heavy atom. The summed E-state index contributed by atoms with van der Waals surface area (Å²) in [4.78, 5) is 10.3. The van der Waals surface area contributed by atoms with Crippen LogP contribution >= 0.6 is 0 Å². The van der Waals surface area contributed by atoms with E-state index in [1.807, 2.05) is 6.92 Å². The van der Waals surface area contributed by atoms with E-state index in [1.54, 1.807) is 0 Å². The zero-order valence-electron chi connectivity index (χ0n) is 7.16. The molecule has 0 aliphatic rings. The van der Waals surface area contributed by atoms with E-state index in [1.165, 1.54) is 0 Å². The topological polar surface area (TPSA) is 95.6 Å². The number of rotatable bonds is 5. The smallest absolute Gasteiger partial charge is 0.314 e. The average molecular weight is 176 g/mol. The first kappa shape index (κ1) is 11.2. The summed E-state index contributed by atoms with van der Waals surface area (Å²) in [5.41, 5.74) is 4.79. The van der Waals surface area contributed by atoms with Crippen molar-refractivity contribution in [1.29, 1.82) is 0 Å². The van der Waals surface area contributed by atoms with Crippen molar-refractivity contribution in [2.24, 2.45) is 11.7 Å². The van der Waals surface area contributed by atoms with Gasteiger partial charge in [-0.25, -0.2) is 4.79 Å². The van der Waals surface area contributed by atoms with Crippen molar-refractivity contribution in [2.75, 3.05) is 6.61 Å². The maximum absolute atomic E-state index is 10.3. The van der Waals surface area contributed by atoms with Gasteiger partial charge >= 0.3 is 6.03 Å². The van der Waals surface area contributed by atoms with Crippen molar-refractivity contribution < 1.29 is 15.0 Å². The van der Waals surface area contributed by atoms with Gasteiger partial charge in [-0.2, -0.15) is 0 Å². The van der Waals surface area contributed by atoms with Gasteiger partial charge in [0.1, 0.15) is 6.23 Å². The lowest BCUT2D eigenvalue weighted by atomic mass is 10.0. The first-order chi connectivity index (χ1) is 5.61. The van der Waals surface area contributed by atoms with E-state index in [2.05, 4.69) is 5.32 Å². The van der Waals surface area contributed by atoms with E-state index in [9.17, 15) is 9.90 Å². The maximum Gasteiger partial charge on any atom is 0.314 e. The lowest BCUT2D eigenvalue weighted by Crippen LogP contribution is -2.44. The van der Waals surface area contributed by atoms with Crippen LogP contribution in [0.15, 0.2) is 0 Å². The highest BCUT2D eigenvalue weighted by molar-refractivity contribution is 5.71. The van der Waals surface area contributed by atoms with Crippen LogP contribution in [0, 0.1) is 5.92 Å². The van der Waals surface area contributed by atoms with E-state index in [-0.39, 0.29) is 12.5 Å². The maximum atomic E-state index is 10.3. The number of aliphatic hydroxyl groups excluding tert-OH is 2. The number of primary amides is 1. The quantitative estimate of drug-likeness (QED) is 0.420. The van der Waals surface area contributed by atoms with E-state index in [0.29, 0.717) is 6.42 Å². The van der Waals surface area contributed by atoms with Crippen LogP contribution in [0.4, 0.5) is 4.79 Å². The van der Waals surface area contributed by atoms with Gasteiger partial charge in [0.15, 0.2) is 0 Å². The van der Waals surface area contributed by atoms with E-state index < -0.39 is 12.3 Å². The Morgan fingerprint density at radius 1 is 1.67 bits per heavy atom. The molecule has 0 heterocycles. The molecule has 5 heteroatoms. The van der Waals surface area contributed by atoms with Gasteiger partial charge in [-0.05, 0) is 6.42 Å². The van der Waals surface area contributed by atoms with Crippen LogP contribution in [-0.4, -0.2) is 29.1 Å². The number of aliphatic hydroxyl groups is 2. The lowest BCUT2D eigenvalue weighted by molar-refractivity contribution is 0.0460. The number of nitrogens with one attached hydrogen (secondary N) is 1. The summed E-state index contributed by atoms with van der Waals surface area (Å²) in [5, 5.41) is 20.1. The Kier molecular flexibility index (Phi) is 5.40. The summed E-state index contributed by atoms with van der Waals surface area (Å²) in [6.45, 7) is 1.77. The number of amides is 2. The predicted molar refractivity (Wildman–Crippen MR) is 44.2 cm³/mol. The molecule has 0 aromatic heterocycles. The summed E-state index contributed by atoms with van der Waals surface area (Å²) < 4.78 is 0. The molecule has 0 spiro atoms. The average Bonchev–Trinajstić information content (AvgIpc) is 1.98. The highest BCUT2D eigenvalue weighted by Crippen LogP contribution is 2.08. The first-order valence-corrected chi connectivity index (χ1v) is 3.96. The minimum absolute atomic E-state index is 0.157. The Bertz CT molecular complexity index is 141. The molecule has 2 atom stereocenters. The fraction of sp³-hybridized carbons (Fsp3) is 0.857. The third-order valence-electron chi connectivity index (χ3n) is 1.63. The molecule has 0 aliphatic heterocycles. The molecular formula is C7H16N2O3. The van der Waals surface area contributed by atoms with Gasteiger partial charge in [0.05, 0.1) is 6.61 Å². The molecule has 2 amide bonds. The molecule has 2 unspecified atom stereocenters. The molecule has 5 N–H and O–H groups in total. The second-order valence-electron chi connectivity index (χ2n) is 2.68. The third-order valence-corrected chi connectivity index (χ3v) is 1.63. The van der Waals surface area contributed by atoms with E-state index in [0.717, 1.165) is 6.42 Å². The van der Waals surface area contributed by atoms with Gasteiger partial charge in [-0.15, -0.1) is 0 Å². The van der Waals surface area contributed by atoms with Crippen LogP contribution in [0.2, 0.25) is 0 Å². The van der Waals surface area contributed by atoms with Gasteiger partial charge in [0.25, 0.3) is 0 Å². The number of nitrogens with two attached hydrogens (primary N) is 1. The van der Waals surface area contributed by atoms with Crippen LogP contribution in [-0.2, 0) is 0 Å². The molecule has 0 aromatic rings. The molecule has 0 aromatic carbocycles. The summed E-state index contributed by atoms with van der Waals surface area (Å²) >= 11 is 0. The van der Waals surface area contributed by atoms with Crippen molar-refractivity contribution >= 4 is 6.03 Å². The van der Waals surface area contributed by atoms with Crippen molar-refractivity contribution in [3.63, 3.8) is 0 Å². The minimum atomic E-state index is -1.05. The Morgan fingerprint density at radius 2 is 2.25 bits per heavy atom. The highest BCUT2D eigenvalue weighted by Gasteiger charge is 2.17. The highest BCUT2D eigenvalue weighted by atomic mass is 16.3. The first-order valence-electron chi connectivity index (χ1n) is 3.96. The summed E-state index contributed by atoms with van der Waals surface area (Å²) in [6, 6.07) is -0.781. The molecule has 0 saturated carbocycles. The van der Waals surface area contributed by atoms with Gasteiger partial charge < -0.3 is 21.3 Å². The van der Waals surface area contributed by atoms with Crippen LogP contribution in [0.5, 0.6) is 0 Å². The summed E-state index contributed by atoms with van der Waals surface area (Å²) in [7, 11) is 0. The van der Waals surface area contributed by atoms with Gasteiger partial charge in [0.2, 0.25) is 0 Å². The van der Waals surface area contributed by atoms with Gasteiger partial charge in [0, 0.05) is 5.92 Å². The van der Waals surface area contributed by atoms with Crippen LogP contribution in [0.3, 0.4) is 0 Å². The molecule has 12 heavy (non-hydrogen) atoms. The molecule has 0 rings (SSSR count). The van der Waals surface area contributed by atoms with Gasteiger partial charge in [-0.3, -0.25) is 0 Å². The van der Waals surface area contributed by atoms with E-state index in [4.69, 9.17) is 10.8 Å². The molecule has 0 radical (unpaired) electrons. The number of urea groups is 1. The molecular weight excluding hydrogens is 160 g/mol. The third kappa shape index (κ3) is 4.15. The molecule has 72 valence electrons. The molecule has 0 fully saturated rings. The second kappa shape index (κ2) is 5.79. The van der Waals surface area contributed by atoms with Crippen molar-refractivity contribution in [3.05, 3.63) is 0 Å². The zero-order chi connectivity index (χ0) is 9.56. The van der Waals surface area contributed by atoms with Crippen LogP contribution in [0.1, 0.15) is 19.8 Å². The number of hydrogen-bond acceptors (Lipinski definition) is 3. The minimum Gasteiger partial charge on any atom is -0.396 e. The number of hydrogen-bond donors (Lipinski definition) is 4. The van der Waals surface area contributed by atoms with Gasteiger partial charge in [-0.1, -0.05) is 13.3 Å². The Labute approximate surface area is 71.6 Å². The summed E-state index contributed by atoms with van der Waals surface area (Å²) in [6.07, 6.45) is 0.438. The SMILES string of the molecule is CCCC(CO)C(O)NC(N)=O. The summed E-state index contributed by atoms with van der Waals surface area (Å²) in [5.74, 6) is -0.331. The number of carbonyl (C=O) groups excluding carboxylic acids is 1.